The molecule has 1 fully saturated rings. The minimum Gasteiger partial charge on any atom is -0.376 e. The highest BCUT2D eigenvalue weighted by Crippen LogP contribution is 2.24. The maximum absolute atomic E-state index is 13.6. The van der Waals surface area contributed by atoms with E-state index < -0.39 is 41.5 Å². The molecule has 3 rings (SSSR count). The minimum atomic E-state index is -1.68. The zero-order chi connectivity index (χ0) is 22.5. The molecular formula is C20H23F3N4O3S. The Bertz CT molecular complexity index is 977. The average Bonchev–Trinajstić information content (AvgIpc) is 3.35. The lowest BCUT2D eigenvalue weighted by Crippen LogP contribution is -2.34. The number of nitrogens with one attached hydrogen (secondary N) is 2. The summed E-state index contributed by atoms with van der Waals surface area (Å²) in [4.78, 5) is 28.5. The quantitative estimate of drug-likeness (QED) is 0.471. The van der Waals surface area contributed by atoms with Crippen molar-refractivity contribution in [2.45, 2.75) is 44.5 Å². The van der Waals surface area contributed by atoms with Gasteiger partial charge in [-0.25, -0.2) is 18.2 Å². The topological polar surface area (TPSA) is 85.3 Å². The summed E-state index contributed by atoms with van der Waals surface area (Å²) in [5, 5.41) is 5.19. The Morgan fingerprint density at radius 1 is 1.23 bits per heavy atom. The van der Waals surface area contributed by atoms with Crippen LogP contribution in [0.15, 0.2) is 17.3 Å². The summed E-state index contributed by atoms with van der Waals surface area (Å²) < 4.78 is 47.5. The summed E-state index contributed by atoms with van der Waals surface area (Å²) in [5.74, 6) is -5.71. The fourth-order valence-corrected chi connectivity index (χ4v) is 4.05. The normalized spacial score (nSPS) is 15.8. The van der Waals surface area contributed by atoms with E-state index in [1.165, 1.54) is 11.8 Å². The van der Waals surface area contributed by atoms with Gasteiger partial charge in [-0.1, -0.05) is 11.8 Å². The number of benzene rings is 1. The maximum atomic E-state index is 13.6. The van der Waals surface area contributed by atoms with Gasteiger partial charge in [-0.2, -0.15) is 0 Å². The fourth-order valence-electron chi connectivity index (χ4n) is 3.12. The van der Waals surface area contributed by atoms with E-state index in [0.717, 1.165) is 36.9 Å². The van der Waals surface area contributed by atoms with E-state index in [4.69, 9.17) is 4.74 Å². The Labute approximate surface area is 181 Å². The van der Waals surface area contributed by atoms with Crippen LogP contribution in [-0.2, 0) is 20.9 Å². The van der Waals surface area contributed by atoms with Gasteiger partial charge in [0, 0.05) is 12.3 Å². The Morgan fingerprint density at radius 3 is 2.71 bits per heavy atom. The molecule has 1 aromatic carbocycles. The Kier molecular flexibility index (Phi) is 7.60. The number of imidazole rings is 1. The van der Waals surface area contributed by atoms with Crippen molar-refractivity contribution < 1.29 is 27.5 Å². The van der Waals surface area contributed by atoms with Gasteiger partial charge >= 0.3 is 0 Å². The molecule has 11 heteroatoms. The molecule has 2 aromatic rings. The minimum absolute atomic E-state index is 0.0221. The molecule has 0 aliphatic carbocycles. The van der Waals surface area contributed by atoms with Gasteiger partial charge in [0.2, 0.25) is 11.8 Å². The van der Waals surface area contributed by atoms with Crippen molar-refractivity contribution in [1.29, 1.82) is 0 Å². The summed E-state index contributed by atoms with van der Waals surface area (Å²) in [5.41, 5.74) is 1.37. The van der Waals surface area contributed by atoms with Crippen LogP contribution >= 0.6 is 11.8 Å². The molecule has 31 heavy (non-hydrogen) atoms. The number of anilines is 1. The van der Waals surface area contributed by atoms with Crippen LogP contribution in [0, 0.1) is 31.3 Å². The number of aromatic nitrogens is 2. The molecule has 168 valence electrons. The van der Waals surface area contributed by atoms with Crippen molar-refractivity contribution in [3.05, 3.63) is 41.0 Å². The molecule has 7 nitrogen and oxygen atoms in total. The molecule has 2 N–H and O–H groups in total. The van der Waals surface area contributed by atoms with Crippen molar-refractivity contribution in [1.82, 2.24) is 14.9 Å². The van der Waals surface area contributed by atoms with Crippen molar-refractivity contribution in [2.75, 3.05) is 24.2 Å². The largest absolute Gasteiger partial charge is 0.376 e. The number of halogens is 3. The lowest BCUT2D eigenvalue weighted by molar-refractivity contribution is -0.122. The van der Waals surface area contributed by atoms with Crippen molar-refractivity contribution in [3.8, 4) is 0 Å². The Morgan fingerprint density at radius 2 is 2.00 bits per heavy atom. The van der Waals surface area contributed by atoms with E-state index >= 15 is 0 Å². The third kappa shape index (κ3) is 5.79. The first-order valence-corrected chi connectivity index (χ1v) is 10.7. The molecule has 1 atom stereocenters. The summed E-state index contributed by atoms with van der Waals surface area (Å²) in [6.07, 6.45) is 2.13. The number of rotatable bonds is 8. The van der Waals surface area contributed by atoms with E-state index in [2.05, 4.69) is 15.6 Å². The summed E-state index contributed by atoms with van der Waals surface area (Å²) in [6, 6.07) is 1.60. The Hall–Kier alpha value is -2.53. The molecule has 0 spiro atoms. The van der Waals surface area contributed by atoms with Crippen LogP contribution < -0.4 is 10.6 Å². The predicted octanol–water partition coefficient (Wildman–Crippen LogP) is 2.94. The molecule has 2 amide bonds. The molecule has 1 aromatic heterocycles. The van der Waals surface area contributed by atoms with E-state index in [1.807, 2.05) is 18.4 Å². The molecular weight excluding hydrogens is 433 g/mol. The van der Waals surface area contributed by atoms with E-state index in [9.17, 15) is 22.8 Å². The molecule has 0 saturated carbocycles. The Balaban J connectivity index is 1.50. The third-order valence-corrected chi connectivity index (χ3v) is 5.90. The number of hydrogen-bond donors (Lipinski definition) is 2. The lowest BCUT2D eigenvalue weighted by Gasteiger charge is -2.14. The number of carbonyl (C=O) groups excluding carboxylic acids is 2. The molecule has 0 bridgehead atoms. The number of carbonyl (C=O) groups is 2. The van der Waals surface area contributed by atoms with Crippen LogP contribution in [0.1, 0.15) is 24.2 Å². The zero-order valence-corrected chi connectivity index (χ0v) is 18.0. The zero-order valence-electron chi connectivity index (χ0n) is 17.1. The van der Waals surface area contributed by atoms with Gasteiger partial charge in [-0.05, 0) is 38.8 Å². The maximum Gasteiger partial charge on any atom is 0.243 e. The number of hydrogen-bond acceptors (Lipinski definition) is 5. The smallest absolute Gasteiger partial charge is 0.243 e. The third-order valence-electron chi connectivity index (χ3n) is 4.92. The first kappa shape index (κ1) is 23.1. The molecule has 0 unspecified atom stereocenters. The van der Waals surface area contributed by atoms with Gasteiger partial charge in [0.25, 0.3) is 0 Å². The number of ether oxygens (including phenoxy) is 1. The highest BCUT2D eigenvalue weighted by molar-refractivity contribution is 7.99. The first-order chi connectivity index (χ1) is 14.8. The van der Waals surface area contributed by atoms with Crippen LogP contribution in [0.3, 0.4) is 0 Å². The molecule has 2 heterocycles. The second-order valence-electron chi connectivity index (χ2n) is 7.15. The van der Waals surface area contributed by atoms with Gasteiger partial charge in [0.15, 0.2) is 22.6 Å². The first-order valence-electron chi connectivity index (χ1n) is 9.74. The summed E-state index contributed by atoms with van der Waals surface area (Å²) in [7, 11) is 0. The van der Waals surface area contributed by atoms with Crippen LogP contribution in [-0.4, -0.2) is 46.4 Å². The predicted molar refractivity (Wildman–Crippen MR) is 109 cm³/mol. The van der Waals surface area contributed by atoms with Crippen LogP contribution in [0.25, 0.3) is 0 Å². The number of aryl methyl sites for hydroxylation is 1. The fraction of sp³-hybridized carbons (Fsp3) is 0.450. The molecule has 1 aliphatic rings. The SMILES string of the molecule is Cc1nc(SCC(=O)NCC(=O)Nc2ccc(F)c(F)c2F)n(C[C@@H]2CCCO2)c1C. The van der Waals surface area contributed by atoms with Crippen molar-refractivity contribution >= 4 is 29.3 Å². The second kappa shape index (κ2) is 10.2. The van der Waals surface area contributed by atoms with E-state index in [0.29, 0.717) is 17.8 Å². The summed E-state index contributed by atoms with van der Waals surface area (Å²) in [6.45, 7) is 4.83. The molecule has 1 aliphatic heterocycles. The molecule has 0 radical (unpaired) electrons. The highest BCUT2D eigenvalue weighted by atomic mass is 32.2. The van der Waals surface area contributed by atoms with Gasteiger partial charge in [-0.15, -0.1) is 0 Å². The number of thioether (sulfide) groups is 1. The van der Waals surface area contributed by atoms with Crippen molar-refractivity contribution in [3.63, 3.8) is 0 Å². The van der Waals surface area contributed by atoms with Crippen molar-refractivity contribution in [2.24, 2.45) is 0 Å². The number of amides is 2. The van der Waals surface area contributed by atoms with E-state index in [-0.39, 0.29) is 11.9 Å². The second-order valence-corrected chi connectivity index (χ2v) is 8.09. The van der Waals surface area contributed by atoms with Gasteiger partial charge < -0.3 is 19.9 Å². The average molecular weight is 456 g/mol. The van der Waals surface area contributed by atoms with Gasteiger partial charge in [-0.3, -0.25) is 9.59 Å². The van der Waals surface area contributed by atoms with Gasteiger partial charge in [0.1, 0.15) is 0 Å². The highest BCUT2D eigenvalue weighted by Gasteiger charge is 2.21. The summed E-state index contributed by atoms with van der Waals surface area (Å²) >= 11 is 1.24. The number of nitrogens with zero attached hydrogens (tertiary/aromatic N) is 2. The monoisotopic (exact) mass is 456 g/mol. The van der Waals surface area contributed by atoms with Crippen LogP contribution in [0.2, 0.25) is 0 Å². The molecule has 1 saturated heterocycles. The van der Waals surface area contributed by atoms with Crippen LogP contribution in [0.5, 0.6) is 0 Å². The standard InChI is InChI=1S/C20H23F3N4O3S/c1-11-12(2)27(9-13-4-3-7-30-13)20(25-11)31-10-17(29)24-8-16(28)26-15-6-5-14(21)18(22)19(15)23/h5-6,13H,3-4,7-10H2,1-2H3,(H,24,29)(H,26,28)/t13-/m0/s1. The lowest BCUT2D eigenvalue weighted by atomic mass is 10.2. The van der Waals surface area contributed by atoms with Gasteiger partial charge in [0.05, 0.1) is 36.3 Å². The van der Waals surface area contributed by atoms with E-state index in [1.54, 1.807) is 0 Å². The van der Waals surface area contributed by atoms with Crippen LogP contribution in [0.4, 0.5) is 18.9 Å².